The van der Waals surface area contributed by atoms with Gasteiger partial charge in [-0.25, -0.2) is 0 Å². The molecule has 0 bridgehead atoms. The summed E-state index contributed by atoms with van der Waals surface area (Å²) in [6, 6.07) is 6.47. The van der Waals surface area contributed by atoms with Gasteiger partial charge in [0.15, 0.2) is 0 Å². The van der Waals surface area contributed by atoms with Crippen molar-refractivity contribution in [3.8, 4) is 0 Å². The molecule has 20 heavy (non-hydrogen) atoms. The molecule has 6 heteroatoms. The molecule has 108 valence electrons. The minimum absolute atomic E-state index is 0.377. The number of carboxylic acid groups (broad SMARTS) is 1. The first-order chi connectivity index (χ1) is 9.56. The predicted molar refractivity (Wildman–Crippen MR) is 76.7 cm³/mol. The van der Waals surface area contributed by atoms with E-state index in [4.69, 9.17) is 10.8 Å². The first-order valence-corrected chi connectivity index (χ1v) is 6.69. The van der Waals surface area contributed by atoms with Crippen LogP contribution in [0, 0.1) is 0 Å². The quantitative estimate of drug-likeness (QED) is 0.747. The summed E-state index contributed by atoms with van der Waals surface area (Å²) in [4.78, 5) is 24.5. The third-order valence-corrected chi connectivity index (χ3v) is 3.34. The maximum Gasteiger partial charge on any atom is 0.305 e. The average Bonchev–Trinajstić information content (AvgIpc) is 2.92. The van der Waals surface area contributed by atoms with Gasteiger partial charge in [0, 0.05) is 24.5 Å². The second-order valence-electron chi connectivity index (χ2n) is 4.93. The van der Waals surface area contributed by atoms with Crippen molar-refractivity contribution in [1.29, 1.82) is 0 Å². The lowest BCUT2D eigenvalue weighted by Crippen LogP contribution is -2.37. The fraction of sp³-hybridized carbons (Fsp3) is 0.429. The predicted octanol–water partition coefficient (Wildman–Crippen LogP) is 1.03. The van der Waals surface area contributed by atoms with E-state index in [1.165, 1.54) is 12.8 Å². The molecule has 1 atom stereocenters. The summed E-state index contributed by atoms with van der Waals surface area (Å²) in [7, 11) is 0. The van der Waals surface area contributed by atoms with Crippen LogP contribution < -0.4 is 16.0 Å². The van der Waals surface area contributed by atoms with Crippen molar-refractivity contribution >= 4 is 23.3 Å². The highest BCUT2D eigenvalue weighted by molar-refractivity contribution is 5.96. The lowest BCUT2D eigenvalue weighted by molar-refractivity contribution is -0.138. The van der Waals surface area contributed by atoms with Gasteiger partial charge < -0.3 is 21.1 Å². The van der Waals surface area contributed by atoms with Crippen LogP contribution in [0.4, 0.5) is 11.4 Å². The summed E-state index contributed by atoms with van der Waals surface area (Å²) in [5.74, 6) is -1.57. The number of nitrogens with one attached hydrogen (secondary N) is 1. The number of benzene rings is 1. The van der Waals surface area contributed by atoms with E-state index in [0.717, 1.165) is 18.8 Å². The van der Waals surface area contributed by atoms with Crippen molar-refractivity contribution in [1.82, 2.24) is 0 Å². The standard InChI is InChI=1S/C14H19N3O3/c15-12(9-13(18)19)14(20)16-10-3-5-11(6-4-10)17-7-1-2-8-17/h3-6,12H,1-2,7-9,15H2,(H,16,20)(H,18,19). The van der Waals surface area contributed by atoms with Gasteiger partial charge in [-0.3, -0.25) is 9.59 Å². The number of anilines is 2. The fourth-order valence-corrected chi connectivity index (χ4v) is 2.25. The van der Waals surface area contributed by atoms with Crippen LogP contribution in [0.15, 0.2) is 24.3 Å². The zero-order chi connectivity index (χ0) is 14.5. The van der Waals surface area contributed by atoms with E-state index in [1.54, 1.807) is 12.1 Å². The molecule has 1 amide bonds. The van der Waals surface area contributed by atoms with E-state index in [2.05, 4.69) is 10.2 Å². The van der Waals surface area contributed by atoms with Gasteiger partial charge in [0.2, 0.25) is 5.91 Å². The Morgan fingerprint density at radius 2 is 1.85 bits per heavy atom. The molecule has 4 N–H and O–H groups in total. The second-order valence-corrected chi connectivity index (χ2v) is 4.93. The highest BCUT2D eigenvalue weighted by atomic mass is 16.4. The van der Waals surface area contributed by atoms with Crippen molar-refractivity contribution in [2.75, 3.05) is 23.3 Å². The third-order valence-electron chi connectivity index (χ3n) is 3.34. The molecule has 1 saturated heterocycles. The first kappa shape index (κ1) is 14.3. The fourth-order valence-electron chi connectivity index (χ4n) is 2.25. The van der Waals surface area contributed by atoms with Crippen LogP contribution in [0.2, 0.25) is 0 Å². The Bertz CT molecular complexity index is 481. The van der Waals surface area contributed by atoms with Gasteiger partial charge >= 0.3 is 5.97 Å². The van der Waals surface area contributed by atoms with E-state index in [-0.39, 0.29) is 6.42 Å². The maximum absolute atomic E-state index is 11.7. The normalized spacial score (nSPS) is 15.9. The van der Waals surface area contributed by atoms with Crippen molar-refractivity contribution in [3.63, 3.8) is 0 Å². The number of nitrogens with two attached hydrogens (primary N) is 1. The van der Waals surface area contributed by atoms with Crippen molar-refractivity contribution in [2.45, 2.75) is 25.3 Å². The monoisotopic (exact) mass is 277 g/mol. The van der Waals surface area contributed by atoms with Gasteiger partial charge in [-0.1, -0.05) is 0 Å². The van der Waals surface area contributed by atoms with Gasteiger partial charge in [-0.15, -0.1) is 0 Å². The average molecular weight is 277 g/mol. The van der Waals surface area contributed by atoms with Crippen LogP contribution in [-0.2, 0) is 9.59 Å². The number of amides is 1. The highest BCUT2D eigenvalue weighted by Crippen LogP contribution is 2.22. The minimum atomic E-state index is -1.09. The van der Waals surface area contributed by atoms with E-state index in [1.807, 2.05) is 12.1 Å². The molecular formula is C14H19N3O3. The number of rotatable bonds is 5. The zero-order valence-electron chi connectivity index (χ0n) is 11.2. The number of nitrogens with zero attached hydrogens (tertiary/aromatic N) is 1. The number of carbonyl (C=O) groups excluding carboxylic acids is 1. The summed E-state index contributed by atoms with van der Waals surface area (Å²) in [6.07, 6.45) is 2.04. The number of hydrogen-bond acceptors (Lipinski definition) is 4. The largest absolute Gasteiger partial charge is 0.481 e. The lowest BCUT2D eigenvalue weighted by atomic mass is 10.2. The summed E-state index contributed by atoms with van der Waals surface area (Å²) in [5, 5.41) is 11.2. The molecule has 1 aromatic rings. The summed E-state index contributed by atoms with van der Waals surface area (Å²) in [5.41, 5.74) is 7.25. The molecule has 1 fully saturated rings. The Balaban J connectivity index is 1.93. The molecular weight excluding hydrogens is 258 g/mol. The first-order valence-electron chi connectivity index (χ1n) is 6.69. The van der Waals surface area contributed by atoms with Gasteiger partial charge in [0.25, 0.3) is 0 Å². The van der Waals surface area contributed by atoms with Crippen LogP contribution in [0.1, 0.15) is 19.3 Å². The Kier molecular flexibility index (Phi) is 4.57. The SMILES string of the molecule is NC(CC(=O)O)C(=O)Nc1ccc(N2CCCC2)cc1. The number of hydrogen-bond donors (Lipinski definition) is 3. The van der Waals surface area contributed by atoms with E-state index < -0.39 is 17.9 Å². The smallest absolute Gasteiger partial charge is 0.305 e. The van der Waals surface area contributed by atoms with Gasteiger partial charge in [0.05, 0.1) is 12.5 Å². The molecule has 0 saturated carbocycles. The van der Waals surface area contributed by atoms with Crippen molar-refractivity contribution in [2.24, 2.45) is 5.73 Å². The van der Waals surface area contributed by atoms with Crippen LogP contribution in [-0.4, -0.2) is 36.1 Å². The lowest BCUT2D eigenvalue weighted by Gasteiger charge is -2.18. The Morgan fingerprint density at radius 3 is 2.40 bits per heavy atom. The maximum atomic E-state index is 11.7. The Labute approximate surface area is 117 Å². The van der Waals surface area contributed by atoms with Gasteiger partial charge in [-0.2, -0.15) is 0 Å². The molecule has 1 aliphatic heterocycles. The molecule has 0 aliphatic carbocycles. The summed E-state index contributed by atoms with van der Waals surface area (Å²) < 4.78 is 0. The molecule has 2 rings (SSSR count). The molecule has 1 unspecified atom stereocenters. The Morgan fingerprint density at radius 1 is 1.25 bits per heavy atom. The van der Waals surface area contributed by atoms with Gasteiger partial charge in [0.1, 0.15) is 0 Å². The number of carboxylic acids is 1. The van der Waals surface area contributed by atoms with Crippen molar-refractivity contribution < 1.29 is 14.7 Å². The second kappa shape index (κ2) is 6.38. The summed E-state index contributed by atoms with van der Waals surface area (Å²) >= 11 is 0. The van der Waals surface area contributed by atoms with Crippen molar-refractivity contribution in [3.05, 3.63) is 24.3 Å². The van der Waals surface area contributed by atoms with E-state index >= 15 is 0 Å². The molecule has 0 radical (unpaired) electrons. The molecule has 6 nitrogen and oxygen atoms in total. The molecule has 1 aromatic carbocycles. The number of carbonyl (C=O) groups is 2. The van der Waals surface area contributed by atoms with E-state index in [9.17, 15) is 9.59 Å². The summed E-state index contributed by atoms with van der Waals surface area (Å²) in [6.45, 7) is 2.13. The third kappa shape index (κ3) is 3.71. The highest BCUT2D eigenvalue weighted by Gasteiger charge is 2.17. The van der Waals surface area contributed by atoms with Crippen LogP contribution in [0.25, 0.3) is 0 Å². The molecule has 1 aliphatic rings. The minimum Gasteiger partial charge on any atom is -0.481 e. The zero-order valence-corrected chi connectivity index (χ0v) is 11.2. The van der Waals surface area contributed by atoms with Crippen LogP contribution in [0.5, 0.6) is 0 Å². The van der Waals surface area contributed by atoms with Crippen LogP contribution in [0.3, 0.4) is 0 Å². The molecule has 0 aromatic heterocycles. The Hall–Kier alpha value is -2.08. The topological polar surface area (TPSA) is 95.7 Å². The number of aliphatic carboxylic acids is 1. The molecule has 1 heterocycles. The van der Waals surface area contributed by atoms with Crippen LogP contribution >= 0.6 is 0 Å². The molecule has 0 spiro atoms. The van der Waals surface area contributed by atoms with Gasteiger partial charge in [-0.05, 0) is 37.1 Å². The van der Waals surface area contributed by atoms with E-state index in [0.29, 0.717) is 5.69 Å².